The zero-order valence-electron chi connectivity index (χ0n) is 12.7. The molecular formula is C17H16BrClN2O2. The highest BCUT2D eigenvalue weighted by Crippen LogP contribution is 2.24. The van der Waals surface area contributed by atoms with Crippen LogP contribution in [0.2, 0.25) is 5.02 Å². The van der Waals surface area contributed by atoms with Gasteiger partial charge in [-0.2, -0.15) is 0 Å². The van der Waals surface area contributed by atoms with E-state index in [1.165, 1.54) is 0 Å². The summed E-state index contributed by atoms with van der Waals surface area (Å²) in [5.41, 5.74) is -0.0798. The molecule has 0 bridgehead atoms. The Morgan fingerprint density at radius 2 is 1.48 bits per heavy atom. The van der Waals surface area contributed by atoms with Crippen molar-refractivity contribution >= 4 is 50.7 Å². The molecule has 0 atom stereocenters. The second-order valence-electron chi connectivity index (χ2n) is 5.55. The molecule has 0 fully saturated rings. The summed E-state index contributed by atoms with van der Waals surface area (Å²) < 4.78 is 0.844. The molecular weight excluding hydrogens is 380 g/mol. The van der Waals surface area contributed by atoms with Crippen LogP contribution in [0.15, 0.2) is 53.0 Å². The van der Waals surface area contributed by atoms with Gasteiger partial charge in [0.2, 0.25) is 11.8 Å². The highest BCUT2D eigenvalue weighted by atomic mass is 79.9. The van der Waals surface area contributed by atoms with E-state index in [2.05, 4.69) is 26.6 Å². The van der Waals surface area contributed by atoms with Crippen molar-refractivity contribution in [2.45, 2.75) is 13.8 Å². The van der Waals surface area contributed by atoms with E-state index in [-0.39, 0.29) is 0 Å². The molecule has 0 spiro atoms. The van der Waals surface area contributed by atoms with Crippen molar-refractivity contribution in [1.29, 1.82) is 0 Å². The van der Waals surface area contributed by atoms with Crippen molar-refractivity contribution in [2.24, 2.45) is 5.41 Å². The van der Waals surface area contributed by atoms with E-state index in [0.717, 1.165) is 4.47 Å². The molecule has 2 N–H and O–H groups in total. The van der Waals surface area contributed by atoms with Crippen molar-refractivity contribution in [3.05, 3.63) is 58.0 Å². The number of halogens is 2. The first-order valence-electron chi connectivity index (χ1n) is 6.93. The molecule has 0 saturated carbocycles. The number of benzene rings is 2. The van der Waals surface area contributed by atoms with Crippen LogP contribution >= 0.6 is 27.5 Å². The van der Waals surface area contributed by atoms with Gasteiger partial charge in [-0.05, 0) is 50.2 Å². The molecule has 2 rings (SSSR count). The lowest BCUT2D eigenvalue weighted by molar-refractivity contribution is -0.135. The van der Waals surface area contributed by atoms with Crippen LogP contribution < -0.4 is 10.6 Å². The largest absolute Gasteiger partial charge is 0.325 e. The van der Waals surface area contributed by atoms with Crippen molar-refractivity contribution in [3.63, 3.8) is 0 Å². The molecule has 0 aliphatic carbocycles. The number of carbonyl (C=O) groups is 2. The van der Waals surface area contributed by atoms with Crippen LogP contribution in [-0.2, 0) is 9.59 Å². The normalized spacial score (nSPS) is 11.0. The summed E-state index contributed by atoms with van der Waals surface area (Å²) in [4.78, 5) is 24.9. The van der Waals surface area contributed by atoms with Gasteiger partial charge in [-0.15, -0.1) is 0 Å². The van der Waals surface area contributed by atoms with Gasteiger partial charge in [0.25, 0.3) is 0 Å². The molecule has 120 valence electrons. The van der Waals surface area contributed by atoms with Crippen LogP contribution in [0.3, 0.4) is 0 Å². The molecule has 0 saturated heterocycles. The maximum atomic E-state index is 12.4. The third-order valence-corrected chi connectivity index (χ3v) is 4.03. The summed E-state index contributed by atoms with van der Waals surface area (Å²) >= 11 is 9.23. The molecule has 2 aromatic rings. The Bertz CT molecular complexity index is 685. The number of anilines is 2. The van der Waals surface area contributed by atoms with Crippen molar-refractivity contribution in [3.8, 4) is 0 Å². The summed E-state index contributed by atoms with van der Waals surface area (Å²) in [6, 6.07) is 14.0. The minimum absolute atomic E-state index is 0.393. The summed E-state index contributed by atoms with van der Waals surface area (Å²) in [6.45, 7) is 3.14. The van der Waals surface area contributed by atoms with E-state index in [0.29, 0.717) is 16.4 Å². The summed E-state index contributed by atoms with van der Waals surface area (Å²) in [5.74, 6) is -0.803. The predicted octanol–water partition coefficient (Wildman–Crippen LogP) is 4.71. The average molecular weight is 396 g/mol. The lowest BCUT2D eigenvalue weighted by Crippen LogP contribution is -2.41. The highest BCUT2D eigenvalue weighted by molar-refractivity contribution is 9.10. The first-order valence-corrected chi connectivity index (χ1v) is 8.10. The van der Waals surface area contributed by atoms with Crippen LogP contribution in [-0.4, -0.2) is 11.8 Å². The maximum Gasteiger partial charge on any atom is 0.239 e. The van der Waals surface area contributed by atoms with E-state index in [4.69, 9.17) is 11.6 Å². The summed E-state index contributed by atoms with van der Waals surface area (Å²) in [7, 11) is 0. The van der Waals surface area contributed by atoms with Crippen molar-refractivity contribution in [2.75, 3.05) is 10.6 Å². The van der Waals surface area contributed by atoms with Gasteiger partial charge in [0, 0.05) is 20.9 Å². The molecule has 0 radical (unpaired) electrons. The molecule has 4 nitrogen and oxygen atoms in total. The molecule has 0 aromatic heterocycles. The zero-order valence-corrected chi connectivity index (χ0v) is 15.0. The highest BCUT2D eigenvalue weighted by Gasteiger charge is 2.36. The van der Waals surface area contributed by atoms with Crippen LogP contribution in [0, 0.1) is 5.41 Å². The number of hydrogen-bond donors (Lipinski definition) is 2. The van der Waals surface area contributed by atoms with Gasteiger partial charge in [-0.1, -0.05) is 39.7 Å². The fourth-order valence-corrected chi connectivity index (χ4v) is 2.40. The Balaban J connectivity index is 2.09. The number of amides is 2. The van der Waals surface area contributed by atoms with Gasteiger partial charge < -0.3 is 10.6 Å². The van der Waals surface area contributed by atoms with Crippen LogP contribution in [0.1, 0.15) is 13.8 Å². The van der Waals surface area contributed by atoms with Crippen LogP contribution in [0.25, 0.3) is 0 Å². The first-order chi connectivity index (χ1) is 10.8. The second-order valence-corrected chi connectivity index (χ2v) is 6.91. The number of carbonyl (C=O) groups excluding carboxylic acids is 2. The number of rotatable bonds is 4. The Morgan fingerprint density at radius 3 is 2.00 bits per heavy atom. The monoisotopic (exact) mass is 394 g/mol. The molecule has 23 heavy (non-hydrogen) atoms. The molecule has 0 unspecified atom stereocenters. The standard InChI is InChI=1S/C17H16BrClN2O2/c1-17(2,15(22)20-13-7-3-5-11(18)9-13)16(23)21-14-8-4-6-12(19)10-14/h3-10H,1-2H3,(H,20,22)(H,21,23). The average Bonchev–Trinajstić information content (AvgIpc) is 2.47. The smallest absolute Gasteiger partial charge is 0.239 e. The Hall–Kier alpha value is -1.85. The van der Waals surface area contributed by atoms with Gasteiger partial charge in [0.15, 0.2) is 0 Å². The zero-order chi connectivity index (χ0) is 17.0. The van der Waals surface area contributed by atoms with Gasteiger partial charge >= 0.3 is 0 Å². The van der Waals surface area contributed by atoms with Gasteiger partial charge in [0.1, 0.15) is 5.41 Å². The Kier molecular flexibility index (Phi) is 5.44. The van der Waals surface area contributed by atoms with E-state index in [1.807, 2.05) is 6.07 Å². The molecule has 0 aliphatic heterocycles. The number of nitrogens with one attached hydrogen (secondary N) is 2. The molecule has 0 aliphatic rings. The Morgan fingerprint density at radius 1 is 0.957 bits per heavy atom. The van der Waals surface area contributed by atoms with E-state index in [1.54, 1.807) is 56.3 Å². The lowest BCUT2D eigenvalue weighted by Gasteiger charge is -2.23. The summed E-state index contributed by atoms with van der Waals surface area (Å²) in [6.07, 6.45) is 0. The minimum atomic E-state index is -1.25. The fourth-order valence-electron chi connectivity index (χ4n) is 1.81. The molecule has 2 amide bonds. The maximum absolute atomic E-state index is 12.4. The van der Waals surface area contributed by atoms with E-state index >= 15 is 0 Å². The molecule has 0 heterocycles. The van der Waals surface area contributed by atoms with Gasteiger partial charge in [-0.25, -0.2) is 0 Å². The lowest BCUT2D eigenvalue weighted by atomic mass is 9.90. The van der Waals surface area contributed by atoms with Crippen molar-refractivity contribution < 1.29 is 9.59 Å². The Labute approximate surface area is 148 Å². The third kappa shape index (κ3) is 4.56. The molecule has 2 aromatic carbocycles. The SMILES string of the molecule is CC(C)(C(=O)Nc1cccc(Cl)c1)C(=O)Nc1cccc(Br)c1. The van der Waals surface area contributed by atoms with Gasteiger partial charge in [-0.3, -0.25) is 9.59 Å². The van der Waals surface area contributed by atoms with Crippen LogP contribution in [0.5, 0.6) is 0 Å². The third-order valence-electron chi connectivity index (χ3n) is 3.30. The van der Waals surface area contributed by atoms with E-state index < -0.39 is 17.2 Å². The number of hydrogen-bond acceptors (Lipinski definition) is 2. The quantitative estimate of drug-likeness (QED) is 0.737. The first kappa shape index (κ1) is 17.5. The van der Waals surface area contributed by atoms with Crippen LogP contribution in [0.4, 0.5) is 11.4 Å². The summed E-state index contributed by atoms with van der Waals surface area (Å²) in [5, 5.41) is 5.97. The van der Waals surface area contributed by atoms with E-state index in [9.17, 15) is 9.59 Å². The minimum Gasteiger partial charge on any atom is -0.325 e. The van der Waals surface area contributed by atoms with Gasteiger partial charge in [0.05, 0.1) is 0 Å². The molecule has 6 heteroatoms. The second kappa shape index (κ2) is 7.15. The van der Waals surface area contributed by atoms with Crippen molar-refractivity contribution in [1.82, 2.24) is 0 Å². The topological polar surface area (TPSA) is 58.2 Å². The fraction of sp³-hybridized carbons (Fsp3) is 0.176. The predicted molar refractivity (Wildman–Crippen MR) is 96.6 cm³/mol.